The Morgan fingerprint density at radius 3 is 2.59 bits per heavy atom. The van der Waals surface area contributed by atoms with Crippen molar-refractivity contribution in [1.29, 1.82) is 0 Å². The second-order valence-corrected chi connectivity index (χ2v) is 7.63. The quantitative estimate of drug-likeness (QED) is 0.542. The van der Waals surface area contributed by atoms with Gasteiger partial charge in [0, 0.05) is 6.07 Å². The monoisotopic (exact) mass is 453 g/mol. The summed E-state index contributed by atoms with van der Waals surface area (Å²) in [5.41, 5.74) is -1.45. The number of hydrogen-bond acceptors (Lipinski definition) is 5. The lowest BCUT2D eigenvalue weighted by Crippen LogP contribution is -2.40. The maximum Gasteiger partial charge on any atom is 0.416 e. The number of alkyl halides is 3. The van der Waals surface area contributed by atoms with Gasteiger partial charge in [-0.05, 0) is 37.3 Å². The van der Waals surface area contributed by atoms with E-state index in [1.54, 1.807) is 0 Å². The van der Waals surface area contributed by atoms with E-state index in [0.717, 1.165) is 18.9 Å². The number of rotatable bonds is 4. The van der Waals surface area contributed by atoms with E-state index in [1.165, 1.54) is 35.1 Å². The van der Waals surface area contributed by atoms with Gasteiger partial charge in [0.1, 0.15) is 11.4 Å². The van der Waals surface area contributed by atoms with Crippen LogP contribution in [0.15, 0.2) is 36.5 Å². The molecular weight excluding hydrogens is 431 g/mol. The van der Waals surface area contributed by atoms with Crippen molar-refractivity contribution < 1.29 is 37.4 Å². The molecule has 2 aromatic rings. The number of amides is 1. The van der Waals surface area contributed by atoms with Crippen LogP contribution in [0.2, 0.25) is 0 Å². The maximum absolute atomic E-state index is 13.3. The lowest BCUT2D eigenvalue weighted by Gasteiger charge is -2.27. The molecule has 0 bridgehead atoms. The Bertz CT molecular complexity index is 983. The molecule has 1 unspecified atom stereocenters. The molecule has 1 saturated carbocycles. The van der Waals surface area contributed by atoms with E-state index in [-0.39, 0.29) is 42.7 Å². The molecule has 1 spiro atoms. The minimum absolute atomic E-state index is 0.0108. The molecule has 1 amide bonds. The summed E-state index contributed by atoms with van der Waals surface area (Å²) in [5.74, 6) is -1.09. The lowest BCUT2D eigenvalue weighted by molar-refractivity contribution is -0.149. The third-order valence-electron chi connectivity index (χ3n) is 5.70. The Morgan fingerprint density at radius 1 is 1.28 bits per heavy atom. The molecule has 32 heavy (non-hydrogen) atoms. The second-order valence-electron chi connectivity index (χ2n) is 7.63. The van der Waals surface area contributed by atoms with Crippen molar-refractivity contribution in [1.82, 2.24) is 9.78 Å². The molecule has 1 saturated heterocycles. The fraction of sp³-hybridized carbons (Fsp3) is 0.429. The van der Waals surface area contributed by atoms with Gasteiger partial charge in [-0.25, -0.2) is 4.68 Å². The van der Waals surface area contributed by atoms with Crippen LogP contribution in [0.3, 0.4) is 0 Å². The number of nitrogens with one attached hydrogen (secondary N) is 1. The molecule has 2 heterocycles. The number of carbonyl (C=O) groups is 3. The number of esters is 1. The minimum atomic E-state index is -4.48. The van der Waals surface area contributed by atoms with E-state index in [0.29, 0.717) is 12.8 Å². The van der Waals surface area contributed by atoms with E-state index in [4.69, 9.17) is 14.6 Å². The van der Waals surface area contributed by atoms with E-state index in [1.807, 2.05) is 0 Å². The minimum Gasteiger partial charge on any atom is -0.483 e. The van der Waals surface area contributed by atoms with Crippen LogP contribution < -0.4 is 5.32 Å². The van der Waals surface area contributed by atoms with Crippen LogP contribution in [0.4, 0.5) is 19.0 Å². The Labute approximate surface area is 181 Å². The largest absolute Gasteiger partial charge is 0.483 e. The SMILES string of the molecule is O=C1CC(C(=O)Nc2ccnn2Cc2ccccc2C(F)(F)F)C2(CCCC2)O1.O=CO. The van der Waals surface area contributed by atoms with Crippen LogP contribution >= 0.6 is 0 Å². The number of carboxylic acid groups (broad SMARTS) is 1. The molecule has 4 rings (SSSR count). The van der Waals surface area contributed by atoms with Gasteiger partial charge in [0.15, 0.2) is 0 Å². The molecule has 1 atom stereocenters. The van der Waals surface area contributed by atoms with Crippen LogP contribution in [-0.4, -0.2) is 38.8 Å². The summed E-state index contributed by atoms with van der Waals surface area (Å²) < 4.78 is 46.6. The summed E-state index contributed by atoms with van der Waals surface area (Å²) in [6.45, 7) is -0.399. The normalized spacial score (nSPS) is 19.2. The van der Waals surface area contributed by atoms with Gasteiger partial charge in [0.05, 0.1) is 30.6 Å². The summed E-state index contributed by atoms with van der Waals surface area (Å²) in [6.07, 6.45) is 0.0183. The van der Waals surface area contributed by atoms with Crippen molar-refractivity contribution in [2.24, 2.45) is 5.92 Å². The van der Waals surface area contributed by atoms with Crippen molar-refractivity contribution in [2.75, 3.05) is 5.32 Å². The van der Waals surface area contributed by atoms with Crippen LogP contribution in [0, 0.1) is 5.92 Å². The molecule has 1 aliphatic carbocycles. The van der Waals surface area contributed by atoms with Crippen molar-refractivity contribution in [2.45, 2.75) is 50.4 Å². The van der Waals surface area contributed by atoms with Gasteiger partial charge in [-0.1, -0.05) is 18.2 Å². The summed E-state index contributed by atoms with van der Waals surface area (Å²) in [6, 6.07) is 6.77. The highest BCUT2D eigenvalue weighted by Crippen LogP contribution is 2.46. The molecule has 2 aliphatic rings. The number of nitrogens with zero attached hydrogens (tertiary/aromatic N) is 2. The second kappa shape index (κ2) is 9.41. The smallest absolute Gasteiger partial charge is 0.416 e. The van der Waals surface area contributed by atoms with Gasteiger partial charge < -0.3 is 15.2 Å². The number of benzene rings is 1. The molecular formula is C21H22F3N3O5. The van der Waals surface area contributed by atoms with Gasteiger partial charge in [0.25, 0.3) is 6.47 Å². The zero-order valence-electron chi connectivity index (χ0n) is 17.0. The summed E-state index contributed by atoms with van der Waals surface area (Å²) in [4.78, 5) is 33.1. The molecule has 1 aliphatic heterocycles. The van der Waals surface area contributed by atoms with Crippen molar-refractivity contribution in [3.05, 3.63) is 47.7 Å². The van der Waals surface area contributed by atoms with Gasteiger partial charge in [-0.3, -0.25) is 14.4 Å². The Hall–Kier alpha value is -3.37. The predicted octanol–water partition coefficient (Wildman–Crippen LogP) is 3.47. The Balaban J connectivity index is 0.000000913. The van der Waals surface area contributed by atoms with E-state index < -0.39 is 23.3 Å². The topological polar surface area (TPSA) is 111 Å². The molecule has 1 aromatic carbocycles. The summed E-state index contributed by atoms with van der Waals surface area (Å²) in [7, 11) is 0. The molecule has 2 N–H and O–H groups in total. The number of hydrogen-bond donors (Lipinski definition) is 2. The van der Waals surface area contributed by atoms with Crippen molar-refractivity contribution in [3.8, 4) is 0 Å². The average molecular weight is 453 g/mol. The highest BCUT2D eigenvalue weighted by Gasteiger charge is 2.54. The van der Waals surface area contributed by atoms with E-state index in [2.05, 4.69) is 10.4 Å². The van der Waals surface area contributed by atoms with Crippen LogP contribution in [0.1, 0.15) is 43.2 Å². The molecule has 172 valence electrons. The van der Waals surface area contributed by atoms with E-state index >= 15 is 0 Å². The third kappa shape index (κ3) is 4.92. The van der Waals surface area contributed by atoms with Gasteiger partial charge >= 0.3 is 12.1 Å². The number of carbonyl (C=O) groups excluding carboxylic acids is 2. The Kier molecular flexibility index (Phi) is 6.85. The van der Waals surface area contributed by atoms with Crippen LogP contribution in [0.5, 0.6) is 0 Å². The fourth-order valence-electron chi connectivity index (χ4n) is 4.32. The first-order valence-corrected chi connectivity index (χ1v) is 9.97. The fourth-order valence-corrected chi connectivity index (χ4v) is 4.32. The molecule has 1 aromatic heterocycles. The summed E-state index contributed by atoms with van der Waals surface area (Å²) in [5, 5.41) is 13.7. The first-order chi connectivity index (χ1) is 15.2. The standard InChI is InChI=1S/C20H20F3N3O3.CH2O2/c21-20(22,23)14-6-2-1-5-13(14)12-26-16(7-10-24-26)25-18(28)15-11-17(27)29-19(15)8-3-4-9-19;2-1-3/h1-2,5-7,10,15H,3-4,8-9,11-12H2,(H,25,28);1H,(H,2,3). The molecule has 8 nitrogen and oxygen atoms in total. The zero-order valence-corrected chi connectivity index (χ0v) is 17.0. The van der Waals surface area contributed by atoms with Gasteiger partial charge in [-0.15, -0.1) is 0 Å². The van der Waals surface area contributed by atoms with Crippen molar-refractivity contribution in [3.63, 3.8) is 0 Å². The zero-order chi connectivity index (χ0) is 23.4. The lowest BCUT2D eigenvalue weighted by atomic mass is 9.85. The number of halogens is 3. The number of ether oxygens (including phenoxy) is 1. The van der Waals surface area contributed by atoms with Crippen LogP contribution in [0.25, 0.3) is 0 Å². The van der Waals surface area contributed by atoms with Gasteiger partial charge in [-0.2, -0.15) is 18.3 Å². The first-order valence-electron chi connectivity index (χ1n) is 9.97. The number of anilines is 1. The predicted molar refractivity (Wildman–Crippen MR) is 105 cm³/mol. The first kappa shape index (κ1) is 23.3. The highest BCUT2D eigenvalue weighted by molar-refractivity contribution is 5.96. The molecule has 11 heteroatoms. The van der Waals surface area contributed by atoms with Gasteiger partial charge in [0.2, 0.25) is 5.91 Å². The number of aromatic nitrogens is 2. The third-order valence-corrected chi connectivity index (χ3v) is 5.70. The maximum atomic E-state index is 13.3. The highest BCUT2D eigenvalue weighted by atomic mass is 19.4. The van der Waals surface area contributed by atoms with Crippen molar-refractivity contribution >= 4 is 24.2 Å². The Morgan fingerprint density at radius 2 is 1.94 bits per heavy atom. The molecule has 2 fully saturated rings. The molecule has 0 radical (unpaired) electrons. The average Bonchev–Trinajstić information content (AvgIpc) is 3.44. The van der Waals surface area contributed by atoms with E-state index in [9.17, 15) is 22.8 Å². The summed E-state index contributed by atoms with van der Waals surface area (Å²) >= 11 is 0. The van der Waals surface area contributed by atoms with Crippen LogP contribution in [-0.2, 0) is 31.8 Å².